The van der Waals surface area contributed by atoms with Crippen LogP contribution in [-0.4, -0.2) is 14.5 Å². The third kappa shape index (κ3) is 2.41. The van der Waals surface area contributed by atoms with Crippen molar-refractivity contribution in [3.63, 3.8) is 0 Å². The van der Waals surface area contributed by atoms with Crippen LogP contribution in [0.3, 0.4) is 0 Å². The Morgan fingerprint density at radius 1 is 1.05 bits per heavy atom. The summed E-state index contributed by atoms with van der Waals surface area (Å²) in [6.45, 7) is 0.486. The SMILES string of the molecule is NCc1ccc(CS(=O)(=O)NC2C3C4CCC(C4)C23)cc1. The second kappa shape index (κ2) is 4.80. The minimum atomic E-state index is -3.23. The Kier molecular flexibility index (Phi) is 3.14. The quantitative estimate of drug-likeness (QED) is 0.868. The van der Waals surface area contributed by atoms with Crippen LogP contribution in [0.1, 0.15) is 30.4 Å². The van der Waals surface area contributed by atoms with Gasteiger partial charge in [-0.2, -0.15) is 0 Å². The molecule has 1 aromatic rings. The molecule has 4 atom stereocenters. The van der Waals surface area contributed by atoms with E-state index in [2.05, 4.69) is 4.72 Å². The molecule has 3 aliphatic rings. The largest absolute Gasteiger partial charge is 0.326 e. The first-order valence-corrected chi connectivity index (χ1v) is 9.50. The normalized spacial score (nSPS) is 36.7. The van der Waals surface area contributed by atoms with E-state index in [0.29, 0.717) is 18.4 Å². The van der Waals surface area contributed by atoms with Crippen LogP contribution in [-0.2, 0) is 22.3 Å². The number of nitrogens with two attached hydrogens (primary N) is 1. The zero-order chi connectivity index (χ0) is 14.6. The van der Waals surface area contributed by atoms with E-state index in [-0.39, 0.29) is 11.8 Å². The van der Waals surface area contributed by atoms with Gasteiger partial charge in [-0.1, -0.05) is 24.3 Å². The van der Waals surface area contributed by atoms with Gasteiger partial charge < -0.3 is 5.73 Å². The average Bonchev–Trinajstić information content (AvgIpc) is 2.85. The first-order chi connectivity index (χ1) is 10.1. The van der Waals surface area contributed by atoms with Gasteiger partial charge in [0.25, 0.3) is 0 Å². The predicted octanol–water partition coefficient (Wildman–Crippen LogP) is 1.61. The molecule has 3 fully saturated rings. The van der Waals surface area contributed by atoms with Gasteiger partial charge >= 0.3 is 0 Å². The van der Waals surface area contributed by atoms with Gasteiger partial charge in [-0.25, -0.2) is 13.1 Å². The summed E-state index contributed by atoms with van der Waals surface area (Å²) in [5, 5.41) is 0. The Hall–Kier alpha value is -0.910. The van der Waals surface area contributed by atoms with Gasteiger partial charge in [-0.3, -0.25) is 0 Å². The highest BCUT2D eigenvalue weighted by Gasteiger charge is 2.65. The number of hydrogen-bond donors (Lipinski definition) is 2. The smallest absolute Gasteiger partial charge is 0.216 e. The van der Waals surface area contributed by atoms with Crippen LogP contribution in [0, 0.1) is 23.7 Å². The molecule has 3 N–H and O–H groups in total. The van der Waals surface area contributed by atoms with E-state index in [4.69, 9.17) is 5.73 Å². The lowest BCUT2D eigenvalue weighted by atomic mass is 10.0. The van der Waals surface area contributed by atoms with Crippen molar-refractivity contribution in [2.75, 3.05) is 0 Å². The third-order valence-corrected chi connectivity index (χ3v) is 7.01. The Bertz CT molecular complexity index is 625. The monoisotopic (exact) mass is 306 g/mol. The van der Waals surface area contributed by atoms with Gasteiger partial charge in [0, 0.05) is 12.6 Å². The lowest BCUT2D eigenvalue weighted by Gasteiger charge is -2.11. The predicted molar refractivity (Wildman–Crippen MR) is 81.7 cm³/mol. The summed E-state index contributed by atoms with van der Waals surface area (Å²) in [7, 11) is -3.23. The van der Waals surface area contributed by atoms with E-state index >= 15 is 0 Å². The molecule has 0 radical (unpaired) electrons. The van der Waals surface area contributed by atoms with Crippen molar-refractivity contribution in [3.8, 4) is 0 Å². The van der Waals surface area contributed by atoms with Crippen molar-refractivity contribution in [1.82, 2.24) is 4.72 Å². The zero-order valence-electron chi connectivity index (χ0n) is 12.0. The Balaban J connectivity index is 1.40. The molecule has 1 aromatic carbocycles. The number of nitrogens with one attached hydrogen (secondary N) is 1. The maximum Gasteiger partial charge on any atom is 0.216 e. The van der Waals surface area contributed by atoms with E-state index in [1.54, 1.807) is 0 Å². The van der Waals surface area contributed by atoms with Gasteiger partial charge in [0.2, 0.25) is 10.0 Å². The fourth-order valence-electron chi connectivity index (χ4n) is 4.72. The number of sulfonamides is 1. The van der Waals surface area contributed by atoms with Crippen LogP contribution in [0.15, 0.2) is 24.3 Å². The second-order valence-corrected chi connectivity index (χ2v) is 8.67. The maximum atomic E-state index is 12.3. The van der Waals surface area contributed by atoms with Crippen molar-refractivity contribution in [2.45, 2.75) is 37.6 Å². The summed E-state index contributed by atoms with van der Waals surface area (Å²) in [5.74, 6) is 2.92. The Morgan fingerprint density at radius 3 is 2.19 bits per heavy atom. The molecular formula is C16H22N2O2S. The van der Waals surface area contributed by atoms with Crippen LogP contribution >= 0.6 is 0 Å². The minimum Gasteiger partial charge on any atom is -0.326 e. The molecule has 4 rings (SSSR count). The summed E-state index contributed by atoms with van der Waals surface area (Å²) >= 11 is 0. The van der Waals surface area contributed by atoms with Crippen LogP contribution in [0.4, 0.5) is 0 Å². The lowest BCUT2D eigenvalue weighted by Crippen LogP contribution is -2.31. The molecule has 0 spiro atoms. The van der Waals surface area contributed by atoms with E-state index < -0.39 is 10.0 Å². The summed E-state index contributed by atoms with van der Waals surface area (Å²) in [6, 6.07) is 7.75. The fourth-order valence-corrected chi connectivity index (χ4v) is 6.17. The highest BCUT2D eigenvalue weighted by atomic mass is 32.2. The molecule has 5 heteroatoms. The van der Waals surface area contributed by atoms with E-state index in [1.807, 2.05) is 24.3 Å². The van der Waals surface area contributed by atoms with E-state index in [1.165, 1.54) is 19.3 Å². The van der Waals surface area contributed by atoms with Crippen molar-refractivity contribution in [2.24, 2.45) is 29.4 Å². The highest BCUT2D eigenvalue weighted by molar-refractivity contribution is 7.88. The molecule has 3 saturated carbocycles. The molecule has 0 aromatic heterocycles. The first-order valence-electron chi connectivity index (χ1n) is 7.85. The maximum absolute atomic E-state index is 12.3. The molecule has 3 aliphatic carbocycles. The molecule has 4 unspecified atom stereocenters. The number of fused-ring (bicyclic) bond motifs is 5. The van der Waals surface area contributed by atoms with Crippen LogP contribution < -0.4 is 10.5 Å². The highest BCUT2D eigenvalue weighted by Crippen LogP contribution is 2.65. The summed E-state index contributed by atoms with van der Waals surface area (Å²) in [6.07, 6.45) is 3.96. The van der Waals surface area contributed by atoms with Crippen LogP contribution in [0.25, 0.3) is 0 Å². The lowest BCUT2D eigenvalue weighted by molar-refractivity contribution is 0.456. The average molecular weight is 306 g/mol. The van der Waals surface area contributed by atoms with Gasteiger partial charge in [0.05, 0.1) is 5.75 Å². The van der Waals surface area contributed by atoms with Crippen LogP contribution in [0.2, 0.25) is 0 Å². The minimum absolute atomic E-state index is 0.0725. The molecule has 2 bridgehead atoms. The molecule has 4 nitrogen and oxygen atoms in total. The van der Waals surface area contributed by atoms with Crippen molar-refractivity contribution in [3.05, 3.63) is 35.4 Å². The van der Waals surface area contributed by atoms with Crippen LogP contribution in [0.5, 0.6) is 0 Å². The van der Waals surface area contributed by atoms with Gasteiger partial charge in [-0.05, 0) is 54.1 Å². The molecule has 0 heterocycles. The zero-order valence-corrected chi connectivity index (χ0v) is 12.9. The fraction of sp³-hybridized carbons (Fsp3) is 0.625. The standard InChI is InChI=1S/C16H22N2O2S/c17-8-10-1-3-11(4-2-10)9-21(19,20)18-16-14-12-5-6-13(7-12)15(14)16/h1-4,12-16,18H,5-9,17H2. The Labute approximate surface area is 126 Å². The van der Waals surface area contributed by atoms with E-state index in [9.17, 15) is 8.42 Å². The van der Waals surface area contributed by atoms with Gasteiger partial charge in [0.1, 0.15) is 0 Å². The van der Waals surface area contributed by atoms with Crippen molar-refractivity contribution >= 4 is 10.0 Å². The summed E-state index contributed by atoms with van der Waals surface area (Å²) in [5.41, 5.74) is 7.41. The van der Waals surface area contributed by atoms with Crippen molar-refractivity contribution < 1.29 is 8.42 Å². The topological polar surface area (TPSA) is 72.2 Å². The second-order valence-electron chi connectivity index (χ2n) is 6.91. The number of hydrogen-bond acceptors (Lipinski definition) is 3. The molecule has 114 valence electrons. The van der Waals surface area contributed by atoms with E-state index in [0.717, 1.165) is 23.0 Å². The Morgan fingerprint density at radius 2 is 1.62 bits per heavy atom. The van der Waals surface area contributed by atoms with Crippen molar-refractivity contribution in [1.29, 1.82) is 0 Å². The number of benzene rings is 1. The van der Waals surface area contributed by atoms with Gasteiger partial charge in [0.15, 0.2) is 0 Å². The molecule has 0 aliphatic heterocycles. The molecular weight excluding hydrogens is 284 g/mol. The molecule has 21 heavy (non-hydrogen) atoms. The third-order valence-electron chi connectivity index (χ3n) is 5.67. The summed E-state index contributed by atoms with van der Waals surface area (Å²) in [4.78, 5) is 0. The summed E-state index contributed by atoms with van der Waals surface area (Å²) < 4.78 is 27.6. The van der Waals surface area contributed by atoms with Gasteiger partial charge in [-0.15, -0.1) is 0 Å². The molecule has 0 saturated heterocycles. The first kappa shape index (κ1) is 13.7. The number of rotatable bonds is 5. The molecule has 0 amide bonds.